The number of benzene rings is 2. The van der Waals surface area contributed by atoms with Crippen molar-refractivity contribution < 1.29 is 24.4 Å². The van der Waals surface area contributed by atoms with Gasteiger partial charge in [-0.3, -0.25) is 9.97 Å². The molecule has 0 bridgehead atoms. The molecule has 58 heavy (non-hydrogen) atoms. The highest BCUT2D eigenvalue weighted by atomic mass is 16.5. The van der Waals surface area contributed by atoms with Crippen LogP contribution in [0.15, 0.2) is 95.4 Å². The van der Waals surface area contributed by atoms with Crippen molar-refractivity contribution in [3.05, 3.63) is 108 Å². The van der Waals surface area contributed by atoms with Crippen molar-refractivity contribution in [1.29, 1.82) is 0 Å². The Morgan fingerprint density at radius 1 is 0.621 bits per heavy atom. The first kappa shape index (κ1) is 32.1. The number of aromatic nitrogens is 2. The molecule has 0 amide bonds. The van der Waals surface area contributed by atoms with Crippen LogP contribution in [0.1, 0.15) is 91.9 Å². The minimum Gasteiger partial charge on any atom is -0.462 e. The van der Waals surface area contributed by atoms with Crippen LogP contribution >= 0.6 is 0 Å². The maximum Gasteiger partial charge on any atom is 0.283 e. The molecule has 6 aliphatic carbocycles. The first-order valence-electron chi connectivity index (χ1n) is 22.9. The highest BCUT2D eigenvalue weighted by Crippen LogP contribution is 2.71. The van der Waals surface area contributed by atoms with E-state index in [0.29, 0.717) is 0 Å². The lowest BCUT2D eigenvalue weighted by Gasteiger charge is -2.49. The Morgan fingerprint density at radius 3 is 1.41 bits per heavy atom. The highest BCUT2D eigenvalue weighted by Gasteiger charge is 2.69. The van der Waals surface area contributed by atoms with Gasteiger partial charge in [-0.1, -0.05) is 36.4 Å². The van der Waals surface area contributed by atoms with E-state index in [2.05, 4.69) is 46.4 Å². The summed E-state index contributed by atoms with van der Waals surface area (Å²) in [6, 6.07) is 20.4. The maximum atomic E-state index is 8.98. The van der Waals surface area contributed by atoms with Crippen molar-refractivity contribution in [1.82, 2.24) is 9.97 Å². The number of fused-ring (bicyclic) bond motifs is 6. The average Bonchev–Trinajstić information content (AvgIpc) is 4.11. The van der Waals surface area contributed by atoms with Crippen LogP contribution in [-0.4, -0.2) is 61.6 Å². The summed E-state index contributed by atoms with van der Waals surface area (Å²) in [5.74, 6) is 0. The predicted octanol–water partition coefficient (Wildman–Crippen LogP) is 7.62. The van der Waals surface area contributed by atoms with Gasteiger partial charge in [0, 0.05) is 49.8 Å². The van der Waals surface area contributed by atoms with Crippen molar-refractivity contribution >= 4 is 12.0 Å². The molecular weight excluding hydrogens is 725 g/mol. The smallest absolute Gasteiger partial charge is 0.283 e. The number of hydrogen-bond acceptors (Lipinski definition) is 10. The fraction of sp³-hybridized carbons (Fsp3) is 0.500. The molecule has 2 aromatic carbocycles. The summed E-state index contributed by atoms with van der Waals surface area (Å²) in [4.78, 5) is 18.1. The van der Waals surface area contributed by atoms with E-state index in [4.69, 9.17) is 45.9 Å². The zero-order valence-electron chi connectivity index (χ0n) is 37.3. The number of amidine groups is 2. The molecule has 4 saturated carbocycles. The Kier molecular flexibility index (Phi) is 7.11. The van der Waals surface area contributed by atoms with E-state index in [0.717, 1.165) is 122 Å². The van der Waals surface area contributed by atoms with E-state index in [1.54, 1.807) is 26.6 Å². The Hall–Kier alpha value is -4.80. The summed E-state index contributed by atoms with van der Waals surface area (Å²) in [5.41, 5.74) is 17.4. The molecule has 10 heteroatoms. The lowest BCUT2D eigenvalue weighted by Crippen LogP contribution is -2.50. The van der Waals surface area contributed by atoms with Gasteiger partial charge in [0.15, 0.2) is 0 Å². The van der Waals surface area contributed by atoms with Gasteiger partial charge in [0.05, 0.1) is 17.7 Å². The Labute approximate surface area is 346 Å². The Balaban J connectivity index is 0.000000139. The number of pyridine rings is 2. The lowest BCUT2D eigenvalue weighted by molar-refractivity contribution is -0.0621. The molecule has 6 atom stereocenters. The lowest BCUT2D eigenvalue weighted by atomic mass is 9.58. The van der Waals surface area contributed by atoms with Crippen LogP contribution in [-0.2, 0) is 42.9 Å². The van der Waals surface area contributed by atoms with E-state index in [-0.39, 0.29) is 45.9 Å². The van der Waals surface area contributed by atoms with Crippen molar-refractivity contribution in [3.63, 3.8) is 0 Å². The fourth-order valence-electron chi connectivity index (χ4n) is 12.6. The first-order valence-corrected chi connectivity index (χ1v) is 20.9. The monoisotopic (exact) mass is 782 g/mol. The molecule has 0 radical (unpaired) electrons. The fourth-order valence-corrected chi connectivity index (χ4v) is 12.6. The van der Waals surface area contributed by atoms with Gasteiger partial charge in [-0.15, -0.1) is 0 Å². The number of nitrogens with zero attached hydrogens (tertiary/aromatic N) is 4. The van der Waals surface area contributed by atoms with Crippen LogP contribution in [0.5, 0.6) is 0 Å². The molecule has 6 spiro atoms. The molecule has 4 N–H and O–H groups in total. The summed E-state index contributed by atoms with van der Waals surface area (Å²) in [6.07, 6.45) is 19.0. The van der Waals surface area contributed by atoms with Gasteiger partial charge in [-0.2, -0.15) is 0 Å². The first-order chi connectivity index (χ1) is 29.7. The number of methoxy groups -OCH3 is 2. The van der Waals surface area contributed by atoms with E-state index >= 15 is 0 Å². The van der Waals surface area contributed by atoms with Crippen LogP contribution in [0, 0.1) is 21.7 Å². The van der Waals surface area contributed by atoms with Crippen LogP contribution in [0.4, 0.5) is 0 Å². The van der Waals surface area contributed by atoms with Gasteiger partial charge in [0.25, 0.3) is 12.0 Å². The third kappa shape index (κ3) is 5.22. The number of hydrogen-bond donors (Lipinski definition) is 2. The molecule has 300 valence electrons. The van der Waals surface area contributed by atoms with Gasteiger partial charge >= 0.3 is 0 Å². The molecule has 4 fully saturated rings. The summed E-state index contributed by atoms with van der Waals surface area (Å²) in [6.45, 7) is -4.02. The van der Waals surface area contributed by atoms with Gasteiger partial charge in [-0.25, -0.2) is 9.98 Å². The van der Waals surface area contributed by atoms with Gasteiger partial charge < -0.3 is 30.4 Å². The molecule has 0 saturated heterocycles. The zero-order chi connectivity index (χ0) is 43.0. The van der Waals surface area contributed by atoms with Crippen molar-refractivity contribution in [2.75, 3.05) is 27.3 Å². The molecule has 2 aromatic heterocycles. The summed E-state index contributed by atoms with van der Waals surface area (Å²) >= 11 is 0. The molecule has 4 heterocycles. The van der Waals surface area contributed by atoms with Gasteiger partial charge in [0.2, 0.25) is 0 Å². The summed E-state index contributed by atoms with van der Waals surface area (Å²) in [7, 11) is 3.60. The second-order valence-corrected chi connectivity index (χ2v) is 18.5. The summed E-state index contributed by atoms with van der Waals surface area (Å²) in [5, 5.41) is 0. The minimum atomic E-state index is -2.01. The van der Waals surface area contributed by atoms with Crippen LogP contribution < -0.4 is 11.5 Å². The molecule has 10 nitrogen and oxygen atoms in total. The third-order valence-corrected chi connectivity index (χ3v) is 15.6. The average molecular weight is 783 g/mol. The minimum absolute atomic E-state index is 0.0530. The number of rotatable bonds is 4. The molecule has 8 aliphatic rings. The second-order valence-electron chi connectivity index (χ2n) is 18.5. The molecule has 4 aromatic rings. The van der Waals surface area contributed by atoms with Crippen LogP contribution in [0.25, 0.3) is 22.3 Å². The summed E-state index contributed by atoms with van der Waals surface area (Å²) < 4.78 is 58.8. The largest absolute Gasteiger partial charge is 0.462 e. The highest BCUT2D eigenvalue weighted by molar-refractivity contribution is 5.77. The second kappa shape index (κ2) is 12.8. The SMILES string of the molecule is [2H]C1([2H])OC(N)=NC12c1cc(-c3cccnc3)ccc1C[C@@]21CC[C@H](OC)C2(CC2)C1.[2H]C1([2H])OC(N)=NC12c1cc(-c3cccnc3)ccc1C[C@]21CC[C@@H](OC)C2(CC2)C1. The standard InChI is InChI=1S/2C24H27N3O2/c2*1-28-20-6-7-23(14-22(20)8-9-22)12-17-5-4-16(18-3-2-10-26-13-18)11-19(17)24(23)15-29-21(25)27-24/h2*2-5,10-11,13,20H,6-9,12,14-15H2,1H3,(H2,25,27)/t2*20-,23+,24?/m10/s1/i2*15D2. The molecule has 12 rings (SSSR count). The van der Waals surface area contributed by atoms with Gasteiger partial charge in [0.1, 0.15) is 24.2 Å². The van der Waals surface area contributed by atoms with E-state index in [9.17, 15) is 0 Å². The van der Waals surface area contributed by atoms with Gasteiger partial charge in [-0.05, 0) is 157 Å². The number of aliphatic imine (C=N–C) groups is 2. The molecular formula is C48H54N6O4. The molecule has 2 unspecified atom stereocenters. The Bertz CT molecular complexity index is 2340. The maximum absolute atomic E-state index is 8.98. The molecule has 2 aliphatic heterocycles. The van der Waals surface area contributed by atoms with E-state index < -0.39 is 24.2 Å². The van der Waals surface area contributed by atoms with E-state index in [1.807, 2.05) is 36.7 Å². The number of nitrogens with two attached hydrogens (primary N) is 2. The topological polar surface area (TPSA) is 139 Å². The Morgan fingerprint density at radius 2 is 1.07 bits per heavy atom. The normalized spacial score (nSPS) is 36.4. The van der Waals surface area contributed by atoms with Crippen molar-refractivity contribution in [2.24, 2.45) is 43.1 Å². The van der Waals surface area contributed by atoms with E-state index in [1.165, 1.54) is 0 Å². The quantitative estimate of drug-likeness (QED) is 0.216. The number of ether oxygens (including phenoxy) is 4. The van der Waals surface area contributed by atoms with Crippen molar-refractivity contribution in [3.8, 4) is 22.3 Å². The van der Waals surface area contributed by atoms with Crippen LogP contribution in [0.2, 0.25) is 0 Å². The van der Waals surface area contributed by atoms with Crippen molar-refractivity contribution in [2.45, 2.75) is 100 Å². The third-order valence-electron chi connectivity index (χ3n) is 15.6. The zero-order valence-corrected chi connectivity index (χ0v) is 33.3. The van der Waals surface area contributed by atoms with Crippen LogP contribution in [0.3, 0.4) is 0 Å². The predicted molar refractivity (Wildman–Crippen MR) is 223 cm³/mol.